The number of alkyl halides is 3. The zero-order chi connectivity index (χ0) is 37.4. The third-order valence-corrected chi connectivity index (χ3v) is 8.23. The molecule has 280 valence electrons. The van der Waals surface area contributed by atoms with Crippen molar-refractivity contribution in [3.05, 3.63) is 70.4 Å². The number of anilines is 1. The summed E-state index contributed by atoms with van der Waals surface area (Å²) in [5, 5.41) is 9.62. The van der Waals surface area contributed by atoms with E-state index in [4.69, 9.17) is 20.0 Å². The molecule has 0 spiro atoms. The monoisotopic (exact) mass is 706 g/mol. The maximum atomic E-state index is 13.7. The number of likely N-dealkylation sites (N-methyl/N-ethyl adjacent to an activating group) is 1. The van der Waals surface area contributed by atoms with E-state index < -0.39 is 11.7 Å². The van der Waals surface area contributed by atoms with Gasteiger partial charge in [-0.25, -0.2) is 0 Å². The number of aldehydes is 1. The van der Waals surface area contributed by atoms with E-state index in [1.807, 2.05) is 46.7 Å². The van der Waals surface area contributed by atoms with Crippen molar-refractivity contribution in [3.8, 4) is 5.75 Å². The molecule has 0 aromatic heterocycles. The van der Waals surface area contributed by atoms with Crippen LogP contribution in [0.2, 0.25) is 0 Å². The largest absolute Gasteiger partial charge is 0.494 e. The molecule has 1 saturated heterocycles. The molecule has 1 unspecified atom stereocenters. The summed E-state index contributed by atoms with van der Waals surface area (Å²) >= 11 is 0. The smallest absolute Gasteiger partial charge is 0.416 e. The molecule has 0 radical (unpaired) electrons. The molecule has 1 heterocycles. The van der Waals surface area contributed by atoms with Crippen LogP contribution in [0.3, 0.4) is 0 Å². The van der Waals surface area contributed by atoms with Crippen LogP contribution in [-0.4, -0.2) is 65.5 Å². The average Bonchev–Trinajstić information content (AvgIpc) is 3.13. The highest BCUT2D eigenvalue weighted by molar-refractivity contribution is 5.78. The summed E-state index contributed by atoms with van der Waals surface area (Å²) in [5.41, 5.74) is 8.39. The van der Waals surface area contributed by atoms with E-state index in [0.29, 0.717) is 81.2 Å². The van der Waals surface area contributed by atoms with E-state index >= 15 is 0 Å². The van der Waals surface area contributed by atoms with Crippen molar-refractivity contribution in [3.63, 3.8) is 0 Å². The molecular formula is C38H57F3N4O5. The first-order valence-electron chi connectivity index (χ1n) is 17.5. The van der Waals surface area contributed by atoms with Gasteiger partial charge in [0, 0.05) is 49.7 Å². The third kappa shape index (κ3) is 16.3. The first kappa shape index (κ1) is 44.3. The molecule has 5 N–H and O–H groups in total. The van der Waals surface area contributed by atoms with Crippen molar-refractivity contribution < 1.29 is 37.0 Å². The van der Waals surface area contributed by atoms with Crippen molar-refractivity contribution in [2.24, 2.45) is 11.7 Å². The fourth-order valence-electron chi connectivity index (χ4n) is 5.64. The lowest BCUT2D eigenvalue weighted by atomic mass is 9.90. The number of nitrogens with one attached hydrogen (secondary N) is 3. The van der Waals surface area contributed by atoms with Crippen LogP contribution < -0.4 is 26.4 Å². The Labute approximate surface area is 295 Å². The van der Waals surface area contributed by atoms with Crippen LogP contribution in [0.5, 0.6) is 5.75 Å². The number of carbonyl (C=O) groups is 3. The highest BCUT2D eigenvalue weighted by Crippen LogP contribution is 2.36. The molecule has 1 amide bonds. The van der Waals surface area contributed by atoms with Crippen LogP contribution in [0.4, 0.5) is 18.9 Å². The normalized spacial score (nSPS) is 14.0. The molecule has 2 aromatic carbocycles. The highest BCUT2D eigenvalue weighted by Gasteiger charge is 2.32. The van der Waals surface area contributed by atoms with Crippen molar-refractivity contribution in [1.82, 2.24) is 10.6 Å². The van der Waals surface area contributed by atoms with Gasteiger partial charge >= 0.3 is 6.18 Å². The van der Waals surface area contributed by atoms with Crippen LogP contribution in [0.25, 0.3) is 0 Å². The van der Waals surface area contributed by atoms with Gasteiger partial charge in [0.15, 0.2) is 0 Å². The van der Waals surface area contributed by atoms with Crippen LogP contribution >= 0.6 is 0 Å². The van der Waals surface area contributed by atoms with E-state index in [1.54, 1.807) is 18.3 Å². The number of primary amides is 1. The van der Waals surface area contributed by atoms with Crippen molar-refractivity contribution in [2.75, 3.05) is 51.8 Å². The van der Waals surface area contributed by atoms with Gasteiger partial charge in [0.1, 0.15) is 18.8 Å². The Morgan fingerprint density at radius 2 is 1.80 bits per heavy atom. The SMILES string of the molecule is C=O.CC.CCCC(CCc1cc(OCCCCNC/C(=C/Nc2cc(C3CCOCC3)cc(C(F)(F)F)c2)CNC)ccc1C=O)C(N)=O. The molecule has 2 aromatic rings. The van der Waals surface area contributed by atoms with Gasteiger partial charge in [-0.15, -0.1) is 0 Å². The number of nitrogens with two attached hydrogens (primary N) is 1. The van der Waals surface area contributed by atoms with Crippen LogP contribution in [0.15, 0.2) is 48.2 Å². The molecule has 50 heavy (non-hydrogen) atoms. The lowest BCUT2D eigenvalue weighted by molar-refractivity contribution is -0.137. The predicted molar refractivity (Wildman–Crippen MR) is 194 cm³/mol. The van der Waals surface area contributed by atoms with E-state index in [0.717, 1.165) is 55.7 Å². The number of benzene rings is 2. The molecule has 9 nitrogen and oxygen atoms in total. The van der Waals surface area contributed by atoms with E-state index in [1.165, 1.54) is 6.07 Å². The number of carbonyl (C=O) groups excluding carboxylic acids is 3. The van der Waals surface area contributed by atoms with Gasteiger partial charge < -0.3 is 36.0 Å². The van der Waals surface area contributed by atoms with Crippen molar-refractivity contribution >= 4 is 24.7 Å². The first-order chi connectivity index (χ1) is 24.1. The summed E-state index contributed by atoms with van der Waals surface area (Å²) in [4.78, 5) is 31.3. The van der Waals surface area contributed by atoms with E-state index in [9.17, 15) is 22.8 Å². The lowest BCUT2D eigenvalue weighted by Gasteiger charge is -2.24. The molecule has 0 bridgehead atoms. The Kier molecular flexibility index (Phi) is 22.4. The minimum atomic E-state index is -4.42. The summed E-state index contributed by atoms with van der Waals surface area (Å²) < 4.78 is 52.3. The molecule has 0 saturated carbocycles. The van der Waals surface area contributed by atoms with Crippen molar-refractivity contribution in [1.29, 1.82) is 0 Å². The molecule has 1 aliphatic rings. The minimum Gasteiger partial charge on any atom is -0.494 e. The number of hydrogen-bond acceptors (Lipinski definition) is 8. The van der Waals surface area contributed by atoms with Gasteiger partial charge in [-0.3, -0.25) is 9.59 Å². The maximum Gasteiger partial charge on any atom is 0.416 e. The van der Waals surface area contributed by atoms with Gasteiger partial charge in [0.2, 0.25) is 5.91 Å². The Morgan fingerprint density at radius 1 is 1.08 bits per heavy atom. The zero-order valence-corrected chi connectivity index (χ0v) is 30.1. The molecule has 3 rings (SSSR count). The Morgan fingerprint density at radius 3 is 2.42 bits per heavy atom. The molecule has 1 fully saturated rings. The number of rotatable bonds is 20. The summed E-state index contributed by atoms with van der Waals surface area (Å²) in [7, 11) is 1.83. The number of halogens is 3. The maximum absolute atomic E-state index is 13.7. The summed E-state index contributed by atoms with van der Waals surface area (Å²) in [6.45, 7) is 11.5. The number of aryl methyl sites for hydroxylation is 1. The second-order valence-electron chi connectivity index (χ2n) is 11.8. The van der Waals surface area contributed by atoms with Crippen LogP contribution in [0.1, 0.15) is 98.7 Å². The second-order valence-corrected chi connectivity index (χ2v) is 11.8. The third-order valence-electron chi connectivity index (χ3n) is 8.23. The number of ether oxygens (including phenoxy) is 2. The standard InChI is InChI=1S/C35H49F3N4O4.C2H6.CH2O/c1-3-6-27(34(39)44)7-8-28-19-33(10-9-29(28)24-43)46-14-5-4-13-41-22-25(21-40-2)23-42-32-18-30(26-11-15-45-16-12-26)17-31(20-32)35(36,37)38;2*1-2/h9-10,17-20,23-24,26-27,40-42H,3-8,11-16,21-22H2,1-2H3,(H2,39,44);1-2H3;1H2/b25-23+;;. The minimum absolute atomic E-state index is 0.0485. The van der Waals surface area contributed by atoms with Gasteiger partial charge in [0.25, 0.3) is 0 Å². The fourth-order valence-corrected chi connectivity index (χ4v) is 5.64. The summed E-state index contributed by atoms with van der Waals surface area (Å²) in [6.07, 6.45) is 4.01. The number of unbranched alkanes of at least 4 members (excludes halogenated alkanes) is 1. The molecule has 1 aliphatic heterocycles. The lowest BCUT2D eigenvalue weighted by Crippen LogP contribution is -2.24. The van der Waals surface area contributed by atoms with Crippen molar-refractivity contribution in [2.45, 2.75) is 84.2 Å². The second kappa shape index (κ2) is 25.2. The van der Waals surface area contributed by atoms with Crippen LogP contribution in [-0.2, 0) is 26.9 Å². The Bertz CT molecular complexity index is 1300. The van der Waals surface area contributed by atoms with Crippen LogP contribution in [0, 0.1) is 5.92 Å². The highest BCUT2D eigenvalue weighted by atomic mass is 19.4. The number of hydrogen-bond donors (Lipinski definition) is 4. The fraction of sp³-hybridized carbons (Fsp3) is 0.553. The summed E-state index contributed by atoms with van der Waals surface area (Å²) in [6, 6.07) is 9.62. The van der Waals surface area contributed by atoms with E-state index in [2.05, 4.69) is 16.0 Å². The Hall–Kier alpha value is -3.74. The number of amides is 1. The summed E-state index contributed by atoms with van der Waals surface area (Å²) in [5.74, 6) is 0.208. The zero-order valence-electron chi connectivity index (χ0n) is 30.1. The first-order valence-corrected chi connectivity index (χ1v) is 17.5. The molecular weight excluding hydrogens is 649 g/mol. The van der Waals surface area contributed by atoms with E-state index in [-0.39, 0.29) is 17.7 Å². The van der Waals surface area contributed by atoms with Gasteiger partial charge in [0.05, 0.1) is 12.2 Å². The van der Waals surface area contributed by atoms with Gasteiger partial charge in [-0.2, -0.15) is 13.2 Å². The molecule has 0 aliphatic carbocycles. The molecule has 12 heteroatoms. The predicted octanol–water partition coefficient (Wildman–Crippen LogP) is 7.05. The molecule has 1 atom stereocenters. The van der Waals surface area contributed by atoms with Gasteiger partial charge in [-0.05, 0) is 118 Å². The Balaban J connectivity index is 0.00000301. The average molecular weight is 707 g/mol. The quantitative estimate of drug-likeness (QED) is 0.0851. The topological polar surface area (TPSA) is 132 Å². The van der Waals surface area contributed by atoms with Gasteiger partial charge in [-0.1, -0.05) is 27.2 Å².